The molecule has 7 rings (SSSR count). The van der Waals surface area contributed by atoms with E-state index in [1.54, 1.807) is 14.2 Å². The number of benzene rings is 4. The monoisotopic (exact) mass is 567 g/mol. The van der Waals surface area contributed by atoms with E-state index in [-0.39, 0.29) is 11.8 Å². The number of fused-ring (bicyclic) bond motifs is 2. The number of ketones is 1. The fraction of sp³-hybridized carbons (Fsp3) is 0.189. The highest BCUT2D eigenvalue weighted by Gasteiger charge is 2.38. The second-order valence-corrected chi connectivity index (χ2v) is 11.2. The molecule has 2 heterocycles. The molecular weight excluding hydrogens is 534 g/mol. The van der Waals surface area contributed by atoms with Crippen molar-refractivity contribution >= 4 is 27.9 Å². The van der Waals surface area contributed by atoms with E-state index in [1.165, 1.54) is 16.3 Å². The van der Waals surface area contributed by atoms with Crippen LogP contribution in [0.2, 0.25) is 0 Å². The molecule has 43 heavy (non-hydrogen) atoms. The summed E-state index contributed by atoms with van der Waals surface area (Å²) in [5.41, 5.74) is 6.08. The number of hydrogen-bond donors (Lipinski definition) is 0. The van der Waals surface area contributed by atoms with Crippen molar-refractivity contribution in [1.82, 2.24) is 9.78 Å². The summed E-state index contributed by atoms with van der Waals surface area (Å²) in [5.74, 6) is 2.53. The van der Waals surface area contributed by atoms with Crippen molar-refractivity contribution in [3.63, 3.8) is 0 Å². The molecule has 1 aliphatic heterocycles. The van der Waals surface area contributed by atoms with E-state index in [9.17, 15) is 4.79 Å². The van der Waals surface area contributed by atoms with Gasteiger partial charge in [0.2, 0.25) is 0 Å². The summed E-state index contributed by atoms with van der Waals surface area (Å²) < 4.78 is 12.8. The van der Waals surface area contributed by atoms with Crippen molar-refractivity contribution < 1.29 is 14.3 Å². The predicted molar refractivity (Wildman–Crippen MR) is 171 cm³/mol. The van der Waals surface area contributed by atoms with Crippen molar-refractivity contribution in [2.45, 2.75) is 32.0 Å². The number of ether oxygens (including phenoxy) is 2. The largest absolute Gasteiger partial charge is 0.497 e. The van der Waals surface area contributed by atoms with Gasteiger partial charge in [0.15, 0.2) is 11.6 Å². The summed E-state index contributed by atoms with van der Waals surface area (Å²) in [6.45, 7) is 1.19. The fourth-order valence-corrected chi connectivity index (χ4v) is 6.12. The summed E-state index contributed by atoms with van der Waals surface area (Å²) in [6, 6.07) is 31.2. The third-order valence-electron chi connectivity index (χ3n) is 8.46. The molecule has 1 aliphatic carbocycles. The molecule has 5 aromatic rings. The average molecular weight is 568 g/mol. The smallest absolute Gasteiger partial charge is 0.170 e. The molecule has 0 spiro atoms. The van der Waals surface area contributed by atoms with E-state index in [1.807, 2.05) is 47.2 Å². The molecule has 1 unspecified atom stereocenters. The first-order valence-electron chi connectivity index (χ1n) is 14.6. The number of methoxy groups -OCH3 is 2. The molecule has 0 saturated heterocycles. The molecule has 0 fully saturated rings. The van der Waals surface area contributed by atoms with Gasteiger partial charge in [-0.3, -0.25) is 9.48 Å². The first kappa shape index (κ1) is 26.8. The Balaban J connectivity index is 1.30. The first-order chi connectivity index (χ1) is 21.1. The minimum Gasteiger partial charge on any atom is -0.497 e. The maximum absolute atomic E-state index is 14.0. The normalized spacial score (nSPS) is 15.7. The number of aromatic nitrogens is 2. The number of hydrogen-bond acceptors (Lipinski definition) is 5. The Morgan fingerprint density at radius 2 is 1.42 bits per heavy atom. The van der Waals surface area contributed by atoms with Crippen LogP contribution in [0.1, 0.15) is 39.2 Å². The van der Waals surface area contributed by atoms with Crippen LogP contribution in [0, 0.1) is 0 Å². The third kappa shape index (κ3) is 5.21. The highest BCUT2D eigenvalue weighted by atomic mass is 16.5. The molecular formula is C37H33N3O3. The third-order valence-corrected chi connectivity index (χ3v) is 8.46. The summed E-state index contributed by atoms with van der Waals surface area (Å²) in [6.07, 6.45) is 7.30. The molecule has 4 aromatic carbocycles. The molecule has 1 aromatic heterocycles. The Morgan fingerprint density at radius 1 is 0.791 bits per heavy atom. The Morgan fingerprint density at radius 3 is 2.05 bits per heavy atom. The molecule has 0 saturated carbocycles. The minimum atomic E-state index is -0.0358. The lowest BCUT2D eigenvalue weighted by Crippen LogP contribution is -2.42. The number of allylic oxidation sites excluding steroid dienone is 4. The van der Waals surface area contributed by atoms with E-state index >= 15 is 0 Å². The van der Waals surface area contributed by atoms with E-state index in [4.69, 9.17) is 14.6 Å². The van der Waals surface area contributed by atoms with E-state index in [0.717, 1.165) is 46.1 Å². The SMILES string of the molecule is COc1ccc(CN2c3nn(Cc4ccc(OC)cc4)c(C4=CC=C4)c3C(=O)CC2Cc2ccc3ccccc3c2)cc1. The van der Waals surface area contributed by atoms with Gasteiger partial charge in [-0.1, -0.05) is 85.0 Å². The predicted octanol–water partition coefficient (Wildman–Crippen LogP) is 7.26. The lowest BCUT2D eigenvalue weighted by molar-refractivity contribution is 0.0965. The molecule has 0 bridgehead atoms. The molecule has 0 radical (unpaired) electrons. The van der Waals surface area contributed by atoms with E-state index < -0.39 is 0 Å². The Kier molecular flexibility index (Phi) is 7.03. The zero-order chi connectivity index (χ0) is 29.3. The summed E-state index contributed by atoms with van der Waals surface area (Å²) in [5, 5.41) is 7.61. The lowest BCUT2D eigenvalue weighted by atomic mass is 9.89. The molecule has 2 aliphatic rings. The second-order valence-electron chi connectivity index (χ2n) is 11.2. The molecule has 1 atom stereocenters. The van der Waals surface area contributed by atoms with Crippen LogP contribution in [0.5, 0.6) is 11.5 Å². The summed E-state index contributed by atoms with van der Waals surface area (Å²) in [7, 11) is 3.35. The molecule has 214 valence electrons. The molecule has 0 amide bonds. The van der Waals surface area contributed by atoms with Crippen molar-refractivity contribution in [1.29, 1.82) is 0 Å². The van der Waals surface area contributed by atoms with Crippen LogP contribution >= 0.6 is 0 Å². The standard InChI is InChI=1S/C37H33N3O3/c1-42-32-16-11-25(12-17-32)23-39-31(21-27-10-15-28-6-3-4-7-30(28)20-27)22-34(41)35-36(29-8-5-9-29)40(38-37(35)39)24-26-13-18-33(43-2)19-14-26/h3-20,31H,21-24H2,1-2H3. The van der Waals surface area contributed by atoms with Gasteiger partial charge in [0, 0.05) is 24.6 Å². The number of Topliss-reactive ketones (excluding diaryl/α,β-unsaturated/α-hetero) is 1. The minimum absolute atomic E-state index is 0.0358. The van der Waals surface area contributed by atoms with Gasteiger partial charge in [-0.05, 0) is 58.1 Å². The maximum Gasteiger partial charge on any atom is 0.170 e. The average Bonchev–Trinajstić information content (AvgIpc) is 3.37. The summed E-state index contributed by atoms with van der Waals surface area (Å²) in [4.78, 5) is 16.4. The highest BCUT2D eigenvalue weighted by Crippen LogP contribution is 2.39. The van der Waals surface area contributed by atoms with Gasteiger partial charge in [-0.25, -0.2) is 0 Å². The fourth-order valence-electron chi connectivity index (χ4n) is 6.12. The number of nitrogens with zero attached hydrogens (tertiary/aromatic N) is 3. The quantitative estimate of drug-likeness (QED) is 0.188. The first-order valence-corrected chi connectivity index (χ1v) is 14.6. The molecule has 6 nitrogen and oxygen atoms in total. The van der Waals surface area contributed by atoms with Crippen LogP contribution in [0.4, 0.5) is 5.82 Å². The Hall–Kier alpha value is -5.10. The zero-order valence-corrected chi connectivity index (χ0v) is 24.4. The van der Waals surface area contributed by atoms with Gasteiger partial charge in [0.1, 0.15) is 11.5 Å². The van der Waals surface area contributed by atoms with Gasteiger partial charge < -0.3 is 14.4 Å². The van der Waals surface area contributed by atoms with E-state index in [0.29, 0.717) is 25.1 Å². The number of anilines is 1. The van der Waals surface area contributed by atoms with Gasteiger partial charge in [0.25, 0.3) is 0 Å². The van der Waals surface area contributed by atoms with Gasteiger partial charge in [-0.2, -0.15) is 5.10 Å². The number of rotatable bonds is 9. The van der Waals surface area contributed by atoms with Crippen LogP contribution in [0.25, 0.3) is 16.3 Å². The van der Waals surface area contributed by atoms with Crippen LogP contribution < -0.4 is 14.4 Å². The number of carbonyl (C=O) groups is 1. The zero-order valence-electron chi connectivity index (χ0n) is 24.4. The van der Waals surface area contributed by atoms with Gasteiger partial charge in [-0.15, -0.1) is 0 Å². The van der Waals surface area contributed by atoms with Crippen molar-refractivity contribution in [3.05, 3.63) is 137 Å². The van der Waals surface area contributed by atoms with Crippen molar-refractivity contribution in [2.75, 3.05) is 19.1 Å². The van der Waals surface area contributed by atoms with Gasteiger partial charge in [0.05, 0.1) is 32.0 Å². The van der Waals surface area contributed by atoms with Crippen LogP contribution in [0.3, 0.4) is 0 Å². The Labute approximate surface area is 251 Å². The van der Waals surface area contributed by atoms with Crippen LogP contribution in [-0.4, -0.2) is 35.8 Å². The lowest BCUT2D eigenvalue weighted by Gasteiger charge is -2.36. The molecule has 0 N–H and O–H groups in total. The summed E-state index contributed by atoms with van der Waals surface area (Å²) >= 11 is 0. The highest BCUT2D eigenvalue weighted by molar-refractivity contribution is 6.08. The van der Waals surface area contributed by atoms with E-state index in [2.05, 4.69) is 71.6 Å². The molecule has 6 heteroatoms. The Bertz CT molecular complexity index is 1870. The maximum atomic E-state index is 14.0. The number of carbonyl (C=O) groups excluding carboxylic acids is 1. The van der Waals surface area contributed by atoms with Crippen LogP contribution in [-0.2, 0) is 19.5 Å². The van der Waals surface area contributed by atoms with Gasteiger partial charge >= 0.3 is 0 Å². The second kappa shape index (κ2) is 11.3. The van der Waals surface area contributed by atoms with Crippen molar-refractivity contribution in [2.24, 2.45) is 0 Å². The topological polar surface area (TPSA) is 56.6 Å². The van der Waals surface area contributed by atoms with Crippen molar-refractivity contribution in [3.8, 4) is 11.5 Å². The van der Waals surface area contributed by atoms with Crippen LogP contribution in [0.15, 0.2) is 109 Å².